The molecule has 5 heteroatoms. The molecule has 1 saturated heterocycles. The predicted octanol–water partition coefficient (Wildman–Crippen LogP) is 0.870. The Morgan fingerprint density at radius 3 is 2.47 bits per heavy atom. The van der Waals surface area contributed by atoms with Crippen LogP contribution in [-0.4, -0.2) is 26.9 Å². The molecule has 2 fully saturated rings. The van der Waals surface area contributed by atoms with Crippen LogP contribution in [-0.2, 0) is 14.8 Å². The van der Waals surface area contributed by atoms with Crippen molar-refractivity contribution in [3.8, 4) is 0 Å². The fourth-order valence-corrected chi connectivity index (χ4v) is 4.31. The van der Waals surface area contributed by atoms with Crippen molar-refractivity contribution in [1.29, 1.82) is 0 Å². The summed E-state index contributed by atoms with van der Waals surface area (Å²) in [7, 11) is -3.42. The van der Waals surface area contributed by atoms with E-state index in [-0.39, 0.29) is 17.3 Å². The van der Waals surface area contributed by atoms with Gasteiger partial charge in [-0.05, 0) is 24.7 Å². The number of primary sulfonamides is 1. The SMILES string of the molecule is CC1(C)CC2(CCOC2CS(N)(=O)=O)C1. The Morgan fingerprint density at radius 2 is 2.00 bits per heavy atom. The van der Waals surface area contributed by atoms with Crippen molar-refractivity contribution in [3.63, 3.8) is 0 Å². The fourth-order valence-electron chi connectivity index (χ4n) is 3.44. The molecule has 0 aromatic carbocycles. The number of sulfonamides is 1. The number of hydrogen-bond donors (Lipinski definition) is 1. The summed E-state index contributed by atoms with van der Waals surface area (Å²) >= 11 is 0. The predicted molar refractivity (Wildman–Crippen MR) is 57.8 cm³/mol. The van der Waals surface area contributed by atoms with Crippen LogP contribution in [0.2, 0.25) is 0 Å². The van der Waals surface area contributed by atoms with Gasteiger partial charge in [-0.3, -0.25) is 0 Å². The molecular weight excluding hydrogens is 214 g/mol. The molecule has 0 radical (unpaired) electrons. The van der Waals surface area contributed by atoms with Crippen molar-refractivity contribution in [3.05, 3.63) is 0 Å². The number of hydrogen-bond acceptors (Lipinski definition) is 3. The molecule has 2 N–H and O–H groups in total. The van der Waals surface area contributed by atoms with Crippen LogP contribution in [0.4, 0.5) is 0 Å². The summed E-state index contributed by atoms with van der Waals surface area (Å²) in [6, 6.07) is 0. The van der Waals surface area contributed by atoms with Crippen LogP contribution >= 0.6 is 0 Å². The zero-order chi connectivity index (χ0) is 11.3. The first-order valence-corrected chi connectivity index (χ1v) is 7.06. The third-order valence-electron chi connectivity index (χ3n) is 3.65. The molecule has 2 aliphatic rings. The summed E-state index contributed by atoms with van der Waals surface area (Å²) in [5.41, 5.74) is 0.431. The molecule has 4 nitrogen and oxygen atoms in total. The highest BCUT2D eigenvalue weighted by molar-refractivity contribution is 7.89. The van der Waals surface area contributed by atoms with E-state index in [1.54, 1.807) is 0 Å². The Kier molecular flexibility index (Phi) is 2.41. The second-order valence-electron chi connectivity index (χ2n) is 5.82. The minimum atomic E-state index is -3.42. The molecule has 1 saturated carbocycles. The highest BCUT2D eigenvalue weighted by Gasteiger charge is 2.56. The fraction of sp³-hybridized carbons (Fsp3) is 1.00. The Labute approximate surface area is 91.2 Å². The highest BCUT2D eigenvalue weighted by atomic mass is 32.2. The van der Waals surface area contributed by atoms with Gasteiger partial charge < -0.3 is 4.74 Å². The maximum Gasteiger partial charge on any atom is 0.211 e. The highest BCUT2D eigenvalue weighted by Crippen LogP contribution is 2.60. The quantitative estimate of drug-likeness (QED) is 0.769. The number of rotatable bonds is 2. The molecule has 15 heavy (non-hydrogen) atoms. The van der Waals surface area contributed by atoms with Gasteiger partial charge in [-0.15, -0.1) is 0 Å². The minimum Gasteiger partial charge on any atom is -0.377 e. The first-order valence-electron chi connectivity index (χ1n) is 5.35. The van der Waals surface area contributed by atoms with E-state index in [0.717, 1.165) is 19.3 Å². The van der Waals surface area contributed by atoms with Crippen molar-refractivity contribution >= 4 is 10.0 Å². The van der Waals surface area contributed by atoms with Crippen LogP contribution in [0.15, 0.2) is 0 Å². The molecular formula is C10H19NO3S. The van der Waals surface area contributed by atoms with E-state index >= 15 is 0 Å². The molecule has 1 aliphatic heterocycles. The van der Waals surface area contributed by atoms with Gasteiger partial charge in [-0.1, -0.05) is 13.8 Å². The lowest BCUT2D eigenvalue weighted by Crippen LogP contribution is -2.50. The van der Waals surface area contributed by atoms with Crippen LogP contribution in [0, 0.1) is 10.8 Å². The van der Waals surface area contributed by atoms with Crippen molar-refractivity contribution in [2.45, 2.75) is 39.2 Å². The van der Waals surface area contributed by atoms with Crippen molar-refractivity contribution in [2.75, 3.05) is 12.4 Å². The summed E-state index contributed by atoms with van der Waals surface area (Å²) in [5.74, 6) is -0.0247. The van der Waals surface area contributed by atoms with Gasteiger partial charge in [0.15, 0.2) is 0 Å². The zero-order valence-electron chi connectivity index (χ0n) is 9.32. The first-order chi connectivity index (χ1) is 6.73. The number of nitrogens with two attached hydrogens (primary N) is 1. The van der Waals surface area contributed by atoms with Crippen LogP contribution in [0.25, 0.3) is 0 Å². The second-order valence-corrected chi connectivity index (χ2v) is 7.48. The van der Waals surface area contributed by atoms with E-state index in [1.807, 2.05) is 0 Å². The average Bonchev–Trinajstić information content (AvgIpc) is 2.27. The summed E-state index contributed by atoms with van der Waals surface area (Å²) < 4.78 is 27.7. The molecule has 0 aromatic heterocycles. The molecule has 0 bridgehead atoms. The second kappa shape index (κ2) is 3.18. The Morgan fingerprint density at radius 1 is 1.40 bits per heavy atom. The van der Waals surface area contributed by atoms with Gasteiger partial charge >= 0.3 is 0 Å². The first kappa shape index (κ1) is 11.4. The maximum absolute atomic E-state index is 11.1. The van der Waals surface area contributed by atoms with Gasteiger partial charge in [0.1, 0.15) is 0 Å². The van der Waals surface area contributed by atoms with Gasteiger partial charge in [0.05, 0.1) is 11.9 Å². The Balaban J connectivity index is 2.08. The summed E-state index contributed by atoms with van der Waals surface area (Å²) in [5, 5.41) is 5.08. The van der Waals surface area contributed by atoms with Crippen molar-refractivity contribution < 1.29 is 13.2 Å². The monoisotopic (exact) mass is 233 g/mol. The van der Waals surface area contributed by atoms with Gasteiger partial charge in [0.25, 0.3) is 0 Å². The molecule has 1 unspecified atom stereocenters. The van der Waals surface area contributed by atoms with Crippen LogP contribution in [0.1, 0.15) is 33.1 Å². The van der Waals surface area contributed by atoms with E-state index in [1.165, 1.54) is 0 Å². The molecule has 1 spiro atoms. The average molecular weight is 233 g/mol. The summed E-state index contributed by atoms with van der Waals surface area (Å²) in [6.07, 6.45) is 2.91. The van der Waals surface area contributed by atoms with Crippen LogP contribution < -0.4 is 5.14 Å². The third kappa shape index (κ3) is 2.19. The molecule has 0 aromatic rings. The largest absolute Gasteiger partial charge is 0.377 e. The molecule has 88 valence electrons. The number of ether oxygens (including phenoxy) is 1. The van der Waals surface area contributed by atoms with E-state index in [0.29, 0.717) is 12.0 Å². The zero-order valence-corrected chi connectivity index (χ0v) is 10.1. The lowest BCUT2D eigenvalue weighted by molar-refractivity contribution is -0.0610. The summed E-state index contributed by atoms with van der Waals surface area (Å²) in [6.45, 7) is 5.10. The molecule has 1 aliphatic carbocycles. The van der Waals surface area contributed by atoms with Gasteiger partial charge in [0.2, 0.25) is 10.0 Å². The Bertz CT molecular complexity index is 353. The topological polar surface area (TPSA) is 69.4 Å². The third-order valence-corrected chi connectivity index (χ3v) is 4.41. The summed E-state index contributed by atoms with van der Waals surface area (Å²) in [4.78, 5) is 0. The van der Waals surface area contributed by atoms with Gasteiger partial charge in [-0.25, -0.2) is 13.6 Å². The van der Waals surface area contributed by atoms with E-state index < -0.39 is 10.0 Å². The molecule has 1 atom stereocenters. The Hall–Kier alpha value is -0.130. The van der Waals surface area contributed by atoms with Crippen LogP contribution in [0.3, 0.4) is 0 Å². The lowest BCUT2D eigenvalue weighted by atomic mass is 9.52. The van der Waals surface area contributed by atoms with E-state index in [4.69, 9.17) is 9.88 Å². The molecule has 1 heterocycles. The van der Waals surface area contributed by atoms with Crippen molar-refractivity contribution in [2.24, 2.45) is 16.0 Å². The molecule has 0 amide bonds. The molecule has 2 rings (SSSR count). The normalized spacial score (nSPS) is 32.9. The smallest absolute Gasteiger partial charge is 0.211 e. The lowest BCUT2D eigenvalue weighted by Gasteiger charge is -2.53. The van der Waals surface area contributed by atoms with E-state index in [9.17, 15) is 8.42 Å². The maximum atomic E-state index is 11.1. The van der Waals surface area contributed by atoms with Crippen LogP contribution in [0.5, 0.6) is 0 Å². The van der Waals surface area contributed by atoms with Gasteiger partial charge in [-0.2, -0.15) is 0 Å². The van der Waals surface area contributed by atoms with Gasteiger partial charge in [0, 0.05) is 12.0 Å². The van der Waals surface area contributed by atoms with Crippen molar-refractivity contribution in [1.82, 2.24) is 0 Å². The minimum absolute atomic E-state index is 0.0247. The van der Waals surface area contributed by atoms with E-state index in [2.05, 4.69) is 13.8 Å². The standard InChI is InChI=1S/C10H19NO3S/c1-9(2)6-10(7-9)3-4-14-8(10)5-15(11,12)13/h8H,3-7H2,1-2H3,(H2,11,12,13).